The first-order chi connectivity index (χ1) is 10.6. The van der Waals surface area contributed by atoms with Gasteiger partial charge in [0, 0.05) is 19.2 Å². The number of aromatic nitrogens is 2. The highest BCUT2D eigenvalue weighted by molar-refractivity contribution is 6.29. The highest BCUT2D eigenvalue weighted by Gasteiger charge is 2.28. The molecule has 23 heavy (non-hydrogen) atoms. The molecule has 1 aliphatic rings. The van der Waals surface area contributed by atoms with E-state index >= 15 is 0 Å². The second-order valence-electron chi connectivity index (χ2n) is 7.00. The van der Waals surface area contributed by atoms with Crippen molar-refractivity contribution in [1.29, 1.82) is 0 Å². The molecule has 8 heteroatoms. The maximum atomic E-state index is 12.0. The van der Waals surface area contributed by atoms with Crippen molar-refractivity contribution >= 4 is 29.5 Å². The van der Waals surface area contributed by atoms with E-state index in [1.807, 2.05) is 20.8 Å². The van der Waals surface area contributed by atoms with Crippen LogP contribution in [0.15, 0.2) is 6.07 Å². The van der Waals surface area contributed by atoms with Crippen LogP contribution in [0.4, 0.5) is 16.6 Å². The van der Waals surface area contributed by atoms with Crippen molar-refractivity contribution in [3.8, 4) is 0 Å². The summed E-state index contributed by atoms with van der Waals surface area (Å²) in [7, 11) is 0. The van der Waals surface area contributed by atoms with E-state index in [0.717, 1.165) is 13.0 Å². The number of amides is 1. The maximum Gasteiger partial charge on any atom is 0.407 e. The van der Waals surface area contributed by atoms with Gasteiger partial charge in [-0.15, -0.1) is 0 Å². The first-order valence-corrected chi connectivity index (χ1v) is 8.04. The molecule has 2 rings (SSSR count). The van der Waals surface area contributed by atoms with E-state index in [1.54, 1.807) is 6.07 Å². The third-order valence-corrected chi connectivity index (χ3v) is 3.60. The Hall–Kier alpha value is -1.76. The molecule has 0 spiro atoms. The molecule has 0 radical (unpaired) electrons. The van der Waals surface area contributed by atoms with E-state index in [2.05, 4.69) is 27.1 Å². The van der Waals surface area contributed by atoms with Gasteiger partial charge in [0.15, 0.2) is 0 Å². The van der Waals surface area contributed by atoms with Crippen LogP contribution in [0, 0.1) is 5.92 Å². The van der Waals surface area contributed by atoms with Crippen LogP contribution in [0.1, 0.15) is 34.1 Å². The molecule has 1 aliphatic heterocycles. The second kappa shape index (κ2) is 6.78. The van der Waals surface area contributed by atoms with Crippen LogP contribution in [0.25, 0.3) is 0 Å². The lowest BCUT2D eigenvalue weighted by Crippen LogP contribution is -2.51. The number of carbonyl (C=O) groups excluding carboxylic acids is 1. The molecular formula is C15H24ClN5O2. The van der Waals surface area contributed by atoms with Gasteiger partial charge in [-0.1, -0.05) is 18.5 Å². The Kier molecular flexibility index (Phi) is 5.19. The summed E-state index contributed by atoms with van der Waals surface area (Å²) in [6.07, 6.45) is 0.473. The number of halogens is 1. The third-order valence-electron chi connectivity index (χ3n) is 3.40. The molecule has 3 N–H and O–H groups in total. The number of alkyl carbamates (subject to hydrolysis) is 1. The smallest absolute Gasteiger partial charge is 0.407 e. The lowest BCUT2D eigenvalue weighted by molar-refractivity contribution is 0.0495. The number of carbonyl (C=O) groups is 1. The number of nitrogens with zero attached hydrogens (tertiary/aromatic N) is 3. The lowest BCUT2D eigenvalue weighted by Gasteiger charge is -2.37. The van der Waals surface area contributed by atoms with Gasteiger partial charge in [0.1, 0.15) is 16.6 Å². The van der Waals surface area contributed by atoms with Gasteiger partial charge in [-0.05, 0) is 33.1 Å². The number of anilines is 2. The average Bonchev–Trinajstić information content (AvgIpc) is 2.34. The van der Waals surface area contributed by atoms with Gasteiger partial charge in [-0.3, -0.25) is 0 Å². The van der Waals surface area contributed by atoms with E-state index in [4.69, 9.17) is 22.1 Å². The number of nitrogens with one attached hydrogen (secondary N) is 1. The second-order valence-corrected chi connectivity index (χ2v) is 7.38. The molecule has 1 fully saturated rings. The summed E-state index contributed by atoms with van der Waals surface area (Å²) in [5.74, 6) is 1.20. The summed E-state index contributed by atoms with van der Waals surface area (Å²) >= 11 is 5.95. The zero-order chi connectivity index (χ0) is 17.2. The Bertz CT molecular complexity index is 555. The van der Waals surface area contributed by atoms with E-state index in [0.29, 0.717) is 23.4 Å². The van der Waals surface area contributed by atoms with Crippen LogP contribution >= 0.6 is 11.6 Å². The molecule has 7 nitrogen and oxygen atoms in total. The molecule has 0 bridgehead atoms. The highest BCUT2D eigenvalue weighted by Crippen LogP contribution is 2.24. The summed E-state index contributed by atoms with van der Waals surface area (Å²) in [5, 5.41) is 3.23. The molecule has 0 unspecified atom stereocenters. The van der Waals surface area contributed by atoms with Crippen LogP contribution in [0.5, 0.6) is 0 Å². The Morgan fingerprint density at radius 1 is 1.43 bits per heavy atom. The van der Waals surface area contributed by atoms with Crippen LogP contribution in [-0.2, 0) is 4.74 Å². The molecule has 0 aromatic carbocycles. The Morgan fingerprint density at radius 3 is 2.74 bits per heavy atom. The van der Waals surface area contributed by atoms with E-state index in [-0.39, 0.29) is 12.0 Å². The van der Waals surface area contributed by atoms with Gasteiger partial charge >= 0.3 is 6.09 Å². The summed E-state index contributed by atoms with van der Waals surface area (Å²) in [4.78, 5) is 22.1. The average molecular weight is 342 g/mol. The van der Waals surface area contributed by atoms with Crippen molar-refractivity contribution in [1.82, 2.24) is 15.3 Å². The van der Waals surface area contributed by atoms with Crippen molar-refractivity contribution in [3.05, 3.63) is 11.2 Å². The highest BCUT2D eigenvalue weighted by atomic mass is 35.5. The minimum Gasteiger partial charge on any atom is -0.444 e. The minimum atomic E-state index is -0.515. The predicted octanol–water partition coefficient (Wildman–Crippen LogP) is 2.45. The number of nitrogens with two attached hydrogens (primary N) is 1. The zero-order valence-corrected chi connectivity index (χ0v) is 14.7. The number of rotatable bonds is 2. The summed E-state index contributed by atoms with van der Waals surface area (Å²) in [6, 6.07) is 1.66. The molecule has 1 aromatic rings. The molecule has 1 aromatic heterocycles. The van der Waals surface area contributed by atoms with E-state index in [1.165, 1.54) is 0 Å². The molecule has 0 saturated carbocycles. The van der Waals surface area contributed by atoms with Gasteiger partial charge in [-0.25, -0.2) is 9.78 Å². The van der Waals surface area contributed by atoms with Crippen LogP contribution in [0.2, 0.25) is 5.15 Å². The largest absolute Gasteiger partial charge is 0.444 e. The Balaban J connectivity index is 2.05. The molecule has 0 aliphatic carbocycles. The SMILES string of the molecule is C[C@@H]1C[C@@H](NC(=O)OC(C)(C)C)CN(c2cc(Cl)nc(N)n2)C1. The fourth-order valence-electron chi connectivity index (χ4n) is 2.70. The van der Waals surface area contributed by atoms with Gasteiger partial charge in [-0.2, -0.15) is 4.98 Å². The fraction of sp³-hybridized carbons (Fsp3) is 0.667. The normalized spacial score (nSPS) is 21.9. The number of ether oxygens (including phenoxy) is 1. The number of hydrogen-bond donors (Lipinski definition) is 2. The van der Waals surface area contributed by atoms with E-state index < -0.39 is 11.7 Å². The topological polar surface area (TPSA) is 93.4 Å². The van der Waals surface area contributed by atoms with Crippen molar-refractivity contribution in [2.24, 2.45) is 5.92 Å². The number of nitrogen functional groups attached to an aromatic ring is 1. The van der Waals surface area contributed by atoms with Gasteiger partial charge in [0.25, 0.3) is 0 Å². The van der Waals surface area contributed by atoms with Gasteiger partial charge in [0.2, 0.25) is 5.95 Å². The van der Waals surface area contributed by atoms with Crippen LogP contribution in [0.3, 0.4) is 0 Å². The van der Waals surface area contributed by atoms with Gasteiger partial charge < -0.3 is 20.7 Å². The van der Waals surface area contributed by atoms with Crippen LogP contribution in [-0.4, -0.2) is 40.8 Å². The third kappa shape index (κ3) is 5.42. The predicted molar refractivity (Wildman–Crippen MR) is 90.6 cm³/mol. The maximum absolute atomic E-state index is 12.0. The van der Waals surface area contributed by atoms with Crippen molar-refractivity contribution in [2.45, 2.75) is 45.8 Å². The summed E-state index contributed by atoms with van der Waals surface area (Å²) < 4.78 is 5.32. The van der Waals surface area contributed by atoms with Crippen molar-refractivity contribution < 1.29 is 9.53 Å². The minimum absolute atomic E-state index is 0.0245. The Morgan fingerprint density at radius 2 is 2.13 bits per heavy atom. The first-order valence-electron chi connectivity index (χ1n) is 7.67. The number of piperidine rings is 1. The molecule has 1 amide bonds. The lowest BCUT2D eigenvalue weighted by atomic mass is 9.96. The fourth-order valence-corrected chi connectivity index (χ4v) is 2.89. The quantitative estimate of drug-likeness (QED) is 0.802. The number of hydrogen-bond acceptors (Lipinski definition) is 6. The van der Waals surface area contributed by atoms with Crippen molar-refractivity contribution in [3.63, 3.8) is 0 Å². The summed E-state index contributed by atoms with van der Waals surface area (Å²) in [5.41, 5.74) is 5.15. The molecule has 1 saturated heterocycles. The molecule has 128 valence electrons. The monoisotopic (exact) mass is 341 g/mol. The van der Waals surface area contributed by atoms with Crippen molar-refractivity contribution in [2.75, 3.05) is 23.7 Å². The van der Waals surface area contributed by atoms with Crippen LogP contribution < -0.4 is 16.0 Å². The summed E-state index contributed by atoms with van der Waals surface area (Å²) in [6.45, 7) is 9.09. The Labute approximate surface area is 141 Å². The molecule has 2 atom stereocenters. The zero-order valence-electron chi connectivity index (χ0n) is 14.0. The molecule has 2 heterocycles. The first kappa shape index (κ1) is 17.6. The molecular weight excluding hydrogens is 318 g/mol. The standard InChI is InChI=1S/C15H24ClN5O2/c1-9-5-10(18-14(22)23-15(2,3)4)8-21(7-9)12-6-11(16)19-13(17)20-12/h6,9-10H,5,7-8H2,1-4H3,(H,18,22)(H2,17,19,20)/t9-,10-/m1/s1. The van der Waals surface area contributed by atoms with E-state index in [9.17, 15) is 4.79 Å². The van der Waals surface area contributed by atoms with Gasteiger partial charge in [0.05, 0.1) is 6.04 Å².